The van der Waals surface area contributed by atoms with Crippen LogP contribution in [-0.4, -0.2) is 34.9 Å². The minimum absolute atomic E-state index is 0.00850. The standard InChI is InChI=1S/C17H19N3O4/c1-11(2)18-16(21)10-20-17(22)6-4-13(19-20)12-3-5-14-15(9-12)24-8-7-23-14/h3-6,9,11H,7-8,10H2,1-2H3,(H,18,21). The summed E-state index contributed by atoms with van der Waals surface area (Å²) in [5.41, 5.74) is 1.05. The Morgan fingerprint density at radius 3 is 2.71 bits per heavy atom. The van der Waals surface area contributed by atoms with E-state index < -0.39 is 0 Å². The maximum absolute atomic E-state index is 11.9. The van der Waals surface area contributed by atoms with Crippen LogP contribution < -0.4 is 20.3 Å². The number of amides is 1. The second-order valence-electron chi connectivity index (χ2n) is 5.80. The van der Waals surface area contributed by atoms with Gasteiger partial charge in [0.05, 0.1) is 5.69 Å². The molecular weight excluding hydrogens is 310 g/mol. The van der Waals surface area contributed by atoms with E-state index in [-0.39, 0.29) is 24.1 Å². The van der Waals surface area contributed by atoms with Crippen LogP contribution >= 0.6 is 0 Å². The Morgan fingerprint density at radius 2 is 1.96 bits per heavy atom. The number of benzene rings is 1. The molecule has 0 atom stereocenters. The molecule has 0 spiro atoms. The van der Waals surface area contributed by atoms with Crippen molar-refractivity contribution in [3.8, 4) is 22.8 Å². The van der Waals surface area contributed by atoms with E-state index in [1.165, 1.54) is 6.07 Å². The Kier molecular flexibility index (Phi) is 4.50. The number of fused-ring (bicyclic) bond motifs is 1. The summed E-state index contributed by atoms with van der Waals surface area (Å²) in [7, 11) is 0. The van der Waals surface area contributed by atoms with E-state index >= 15 is 0 Å². The van der Waals surface area contributed by atoms with Crippen LogP contribution in [-0.2, 0) is 11.3 Å². The summed E-state index contributed by atoms with van der Waals surface area (Å²) in [6, 6.07) is 8.52. The van der Waals surface area contributed by atoms with Gasteiger partial charge < -0.3 is 14.8 Å². The lowest BCUT2D eigenvalue weighted by Crippen LogP contribution is -2.36. The third kappa shape index (κ3) is 3.56. The summed E-state index contributed by atoms with van der Waals surface area (Å²) in [6.07, 6.45) is 0. The normalized spacial score (nSPS) is 13.0. The monoisotopic (exact) mass is 329 g/mol. The molecule has 1 aromatic carbocycles. The Morgan fingerprint density at radius 1 is 1.21 bits per heavy atom. The molecule has 7 nitrogen and oxygen atoms in total. The summed E-state index contributed by atoms with van der Waals surface area (Å²) >= 11 is 0. The van der Waals surface area contributed by atoms with Gasteiger partial charge in [-0.25, -0.2) is 4.68 Å². The molecule has 1 N–H and O–H groups in total. The molecule has 0 unspecified atom stereocenters. The first-order valence-electron chi connectivity index (χ1n) is 7.80. The Bertz CT molecular complexity index is 814. The molecule has 24 heavy (non-hydrogen) atoms. The van der Waals surface area contributed by atoms with Gasteiger partial charge in [0.2, 0.25) is 5.91 Å². The zero-order valence-electron chi connectivity index (χ0n) is 13.6. The van der Waals surface area contributed by atoms with E-state index in [2.05, 4.69) is 10.4 Å². The molecule has 0 bridgehead atoms. The van der Waals surface area contributed by atoms with Crippen molar-refractivity contribution in [3.05, 3.63) is 40.7 Å². The second-order valence-corrected chi connectivity index (χ2v) is 5.80. The number of ether oxygens (including phenoxy) is 2. The van der Waals surface area contributed by atoms with Crippen molar-refractivity contribution in [3.63, 3.8) is 0 Å². The maximum atomic E-state index is 11.9. The average Bonchev–Trinajstić information content (AvgIpc) is 2.55. The molecule has 0 fully saturated rings. The van der Waals surface area contributed by atoms with Crippen LogP contribution in [0.25, 0.3) is 11.3 Å². The van der Waals surface area contributed by atoms with Gasteiger partial charge in [-0.15, -0.1) is 0 Å². The molecule has 1 aliphatic heterocycles. The van der Waals surface area contributed by atoms with E-state index in [0.717, 1.165) is 10.2 Å². The SMILES string of the molecule is CC(C)NC(=O)Cn1nc(-c2ccc3c(c2)OCCO3)ccc1=O. The first kappa shape index (κ1) is 16.0. The molecule has 1 aromatic heterocycles. The Hall–Kier alpha value is -2.83. The highest BCUT2D eigenvalue weighted by molar-refractivity contribution is 5.76. The van der Waals surface area contributed by atoms with Crippen LogP contribution in [0.4, 0.5) is 0 Å². The lowest BCUT2D eigenvalue weighted by Gasteiger charge is -2.18. The molecule has 0 saturated carbocycles. The van der Waals surface area contributed by atoms with Crippen LogP contribution in [0.2, 0.25) is 0 Å². The number of aromatic nitrogens is 2. The fourth-order valence-corrected chi connectivity index (χ4v) is 2.42. The van der Waals surface area contributed by atoms with E-state index in [9.17, 15) is 9.59 Å². The molecule has 3 rings (SSSR count). The van der Waals surface area contributed by atoms with Gasteiger partial charge >= 0.3 is 0 Å². The van der Waals surface area contributed by atoms with Crippen molar-refractivity contribution < 1.29 is 14.3 Å². The number of rotatable bonds is 4. The zero-order valence-corrected chi connectivity index (χ0v) is 13.6. The fourth-order valence-electron chi connectivity index (χ4n) is 2.42. The molecule has 2 heterocycles. The zero-order chi connectivity index (χ0) is 17.1. The second kappa shape index (κ2) is 6.74. The molecule has 1 aliphatic rings. The number of hydrogen-bond acceptors (Lipinski definition) is 5. The van der Waals surface area contributed by atoms with E-state index in [1.54, 1.807) is 6.07 Å². The van der Waals surface area contributed by atoms with Crippen LogP contribution in [0, 0.1) is 0 Å². The van der Waals surface area contributed by atoms with Crippen molar-refractivity contribution in [2.75, 3.05) is 13.2 Å². The van der Waals surface area contributed by atoms with Crippen LogP contribution in [0.15, 0.2) is 35.1 Å². The van der Waals surface area contributed by atoms with Gasteiger partial charge in [-0.2, -0.15) is 5.10 Å². The van der Waals surface area contributed by atoms with Crippen molar-refractivity contribution in [2.45, 2.75) is 26.4 Å². The predicted molar refractivity (Wildman–Crippen MR) is 88.2 cm³/mol. The number of carbonyl (C=O) groups excluding carboxylic acids is 1. The molecular formula is C17H19N3O4. The number of nitrogens with one attached hydrogen (secondary N) is 1. The molecule has 0 radical (unpaired) electrons. The van der Waals surface area contributed by atoms with E-state index in [4.69, 9.17) is 9.47 Å². The van der Waals surface area contributed by atoms with Crippen molar-refractivity contribution in [1.82, 2.24) is 15.1 Å². The van der Waals surface area contributed by atoms with Gasteiger partial charge in [-0.3, -0.25) is 9.59 Å². The summed E-state index contributed by atoms with van der Waals surface area (Å²) < 4.78 is 12.2. The van der Waals surface area contributed by atoms with Crippen molar-refractivity contribution in [2.24, 2.45) is 0 Å². The first-order valence-corrected chi connectivity index (χ1v) is 7.80. The highest BCUT2D eigenvalue weighted by Gasteiger charge is 2.14. The van der Waals surface area contributed by atoms with Gasteiger partial charge in [0.25, 0.3) is 5.56 Å². The van der Waals surface area contributed by atoms with E-state index in [0.29, 0.717) is 30.4 Å². The average molecular weight is 329 g/mol. The summed E-state index contributed by atoms with van der Waals surface area (Å²) in [4.78, 5) is 23.8. The minimum Gasteiger partial charge on any atom is -0.486 e. The van der Waals surface area contributed by atoms with Crippen molar-refractivity contribution >= 4 is 5.91 Å². The quantitative estimate of drug-likeness (QED) is 0.911. The molecule has 1 amide bonds. The number of carbonyl (C=O) groups is 1. The first-order chi connectivity index (χ1) is 11.5. The lowest BCUT2D eigenvalue weighted by molar-refractivity contribution is -0.122. The summed E-state index contributed by atoms with van der Waals surface area (Å²) in [6.45, 7) is 4.63. The highest BCUT2D eigenvalue weighted by atomic mass is 16.6. The molecule has 0 aliphatic carbocycles. The van der Waals surface area contributed by atoms with Gasteiger partial charge in [-0.1, -0.05) is 0 Å². The van der Waals surface area contributed by atoms with Crippen LogP contribution in [0.1, 0.15) is 13.8 Å². The van der Waals surface area contributed by atoms with Crippen LogP contribution in [0.5, 0.6) is 11.5 Å². The van der Waals surface area contributed by atoms with Gasteiger partial charge in [0.1, 0.15) is 19.8 Å². The topological polar surface area (TPSA) is 82.5 Å². The van der Waals surface area contributed by atoms with Crippen LogP contribution in [0.3, 0.4) is 0 Å². The number of nitrogens with zero attached hydrogens (tertiary/aromatic N) is 2. The molecule has 7 heteroatoms. The van der Waals surface area contributed by atoms with E-state index in [1.807, 2.05) is 32.0 Å². The Balaban J connectivity index is 1.88. The molecule has 0 saturated heterocycles. The third-order valence-corrected chi connectivity index (χ3v) is 3.45. The van der Waals surface area contributed by atoms with Crippen molar-refractivity contribution in [1.29, 1.82) is 0 Å². The van der Waals surface area contributed by atoms with Gasteiger partial charge in [-0.05, 0) is 38.1 Å². The largest absolute Gasteiger partial charge is 0.486 e. The molecule has 2 aromatic rings. The van der Waals surface area contributed by atoms with Gasteiger partial charge in [0, 0.05) is 17.7 Å². The fraction of sp³-hybridized carbons (Fsp3) is 0.353. The summed E-state index contributed by atoms with van der Waals surface area (Å²) in [5.74, 6) is 1.09. The predicted octanol–water partition coefficient (Wildman–Crippen LogP) is 1.21. The van der Waals surface area contributed by atoms with Gasteiger partial charge in [0.15, 0.2) is 11.5 Å². The third-order valence-electron chi connectivity index (χ3n) is 3.45. The summed E-state index contributed by atoms with van der Waals surface area (Å²) in [5, 5.41) is 7.03. The Labute approximate surface area is 139 Å². The smallest absolute Gasteiger partial charge is 0.267 e. The molecule has 126 valence electrons. The number of hydrogen-bond donors (Lipinski definition) is 1. The minimum atomic E-state index is -0.324. The maximum Gasteiger partial charge on any atom is 0.267 e. The highest BCUT2D eigenvalue weighted by Crippen LogP contribution is 2.33. The lowest BCUT2D eigenvalue weighted by atomic mass is 10.1.